The minimum Gasteiger partial charge on any atom is -0.271 e. The van der Waals surface area contributed by atoms with E-state index in [1.807, 2.05) is 6.92 Å². The summed E-state index contributed by atoms with van der Waals surface area (Å²) >= 11 is 11.9. The first-order valence-corrected chi connectivity index (χ1v) is 11.9. The number of rotatable bonds is 8. The summed E-state index contributed by atoms with van der Waals surface area (Å²) in [4.78, 5) is 22.9. The molecule has 0 saturated carbocycles. The van der Waals surface area contributed by atoms with Crippen molar-refractivity contribution in [3.8, 4) is 0 Å². The molecule has 9 nitrogen and oxygen atoms in total. The molecule has 0 unspecified atom stereocenters. The van der Waals surface area contributed by atoms with Gasteiger partial charge in [-0.05, 0) is 49.4 Å². The smallest absolute Gasteiger partial charge is 0.270 e. The second-order valence-electron chi connectivity index (χ2n) is 7.06. The number of amides is 1. The lowest BCUT2D eigenvalue weighted by Gasteiger charge is -2.23. The lowest BCUT2D eigenvalue weighted by Crippen LogP contribution is -2.39. The number of non-ortho nitro benzene ring substituents is 1. The van der Waals surface area contributed by atoms with Crippen molar-refractivity contribution in [1.82, 2.24) is 5.43 Å². The highest BCUT2D eigenvalue weighted by Gasteiger charge is 2.27. The molecular weight excluding hydrogens is 503 g/mol. The number of carbonyl (C=O) groups is 1. The number of nitro groups is 1. The SMILES string of the molecule is Cc1ccc(S(=O)(=O)N(CC(=O)N/N=C\c2cc([N+](=O)[O-])ccc2Cl)c2ccc(Cl)cc2)cc1. The number of carbonyl (C=O) groups excluding carboxylic acids is 1. The van der Waals surface area contributed by atoms with E-state index < -0.39 is 27.4 Å². The molecule has 0 aliphatic heterocycles. The number of halogens is 2. The van der Waals surface area contributed by atoms with Gasteiger partial charge in [0.1, 0.15) is 6.54 Å². The van der Waals surface area contributed by atoms with E-state index in [1.54, 1.807) is 12.1 Å². The van der Waals surface area contributed by atoms with E-state index in [1.165, 1.54) is 54.6 Å². The average molecular weight is 521 g/mol. The molecule has 3 aromatic carbocycles. The highest BCUT2D eigenvalue weighted by atomic mass is 35.5. The van der Waals surface area contributed by atoms with Gasteiger partial charge in [0, 0.05) is 27.7 Å². The summed E-state index contributed by atoms with van der Waals surface area (Å²) in [6, 6.07) is 15.9. The van der Waals surface area contributed by atoms with Crippen molar-refractivity contribution in [3.05, 3.63) is 98.0 Å². The second-order valence-corrected chi connectivity index (χ2v) is 9.76. The van der Waals surface area contributed by atoms with Gasteiger partial charge in [-0.25, -0.2) is 13.8 Å². The van der Waals surface area contributed by atoms with Crippen LogP contribution in [0.5, 0.6) is 0 Å². The summed E-state index contributed by atoms with van der Waals surface area (Å²) in [6.45, 7) is 1.24. The van der Waals surface area contributed by atoms with Gasteiger partial charge in [0.15, 0.2) is 0 Å². The van der Waals surface area contributed by atoms with Crippen molar-refractivity contribution >= 4 is 56.7 Å². The first-order valence-electron chi connectivity index (χ1n) is 9.69. The number of hydrogen-bond donors (Lipinski definition) is 1. The predicted molar refractivity (Wildman–Crippen MR) is 131 cm³/mol. The maximum atomic E-state index is 13.3. The molecule has 0 aliphatic rings. The molecule has 0 heterocycles. The number of benzene rings is 3. The highest BCUT2D eigenvalue weighted by Crippen LogP contribution is 2.25. The quantitative estimate of drug-likeness (QED) is 0.265. The van der Waals surface area contributed by atoms with E-state index in [0.717, 1.165) is 16.1 Å². The summed E-state index contributed by atoms with van der Waals surface area (Å²) in [5.41, 5.74) is 3.34. The lowest BCUT2D eigenvalue weighted by molar-refractivity contribution is -0.384. The monoisotopic (exact) mass is 520 g/mol. The normalized spacial score (nSPS) is 11.4. The number of nitrogens with zero attached hydrogens (tertiary/aromatic N) is 3. The maximum Gasteiger partial charge on any atom is 0.270 e. The Hall–Kier alpha value is -3.47. The van der Waals surface area contributed by atoms with Crippen LogP contribution in [0.2, 0.25) is 10.0 Å². The molecule has 0 radical (unpaired) electrons. The number of anilines is 1. The van der Waals surface area contributed by atoms with E-state index in [-0.39, 0.29) is 26.9 Å². The summed E-state index contributed by atoms with van der Waals surface area (Å²) < 4.78 is 27.5. The van der Waals surface area contributed by atoms with E-state index in [9.17, 15) is 23.3 Å². The van der Waals surface area contributed by atoms with Crippen molar-refractivity contribution in [2.45, 2.75) is 11.8 Å². The molecule has 0 aliphatic carbocycles. The number of hydrazone groups is 1. The number of aryl methyl sites for hydroxylation is 1. The van der Waals surface area contributed by atoms with Crippen molar-refractivity contribution < 1.29 is 18.1 Å². The Balaban J connectivity index is 1.84. The van der Waals surface area contributed by atoms with Crippen molar-refractivity contribution in [2.24, 2.45) is 5.10 Å². The minimum atomic E-state index is -4.10. The van der Waals surface area contributed by atoms with Gasteiger partial charge in [-0.3, -0.25) is 19.2 Å². The molecule has 0 aromatic heterocycles. The van der Waals surface area contributed by atoms with Gasteiger partial charge in [0.2, 0.25) is 0 Å². The number of nitro benzene ring substituents is 1. The molecule has 3 rings (SSSR count). The van der Waals surface area contributed by atoms with E-state index in [4.69, 9.17) is 23.2 Å². The molecule has 12 heteroatoms. The molecule has 0 bridgehead atoms. The Labute approximate surface area is 205 Å². The van der Waals surface area contributed by atoms with Gasteiger partial charge in [-0.15, -0.1) is 0 Å². The van der Waals surface area contributed by atoms with Crippen LogP contribution >= 0.6 is 23.2 Å². The summed E-state index contributed by atoms with van der Waals surface area (Å²) in [7, 11) is -4.10. The van der Waals surface area contributed by atoms with Crippen LogP contribution in [0, 0.1) is 17.0 Å². The largest absolute Gasteiger partial charge is 0.271 e. The zero-order valence-corrected chi connectivity index (χ0v) is 20.0. The van der Waals surface area contributed by atoms with E-state index in [2.05, 4.69) is 10.5 Å². The molecule has 3 aromatic rings. The molecule has 0 spiro atoms. The Morgan fingerprint density at radius 3 is 2.35 bits per heavy atom. The van der Waals surface area contributed by atoms with Crippen LogP contribution in [-0.2, 0) is 14.8 Å². The number of nitrogens with one attached hydrogen (secondary N) is 1. The Kier molecular flexibility index (Phi) is 7.87. The molecule has 0 fully saturated rings. The fraction of sp³-hybridized carbons (Fsp3) is 0.0909. The molecule has 1 N–H and O–H groups in total. The fourth-order valence-electron chi connectivity index (χ4n) is 2.84. The van der Waals surface area contributed by atoms with Gasteiger partial charge in [-0.2, -0.15) is 5.10 Å². The summed E-state index contributed by atoms with van der Waals surface area (Å²) in [5, 5.41) is 15.3. The minimum absolute atomic E-state index is 0.00716. The average Bonchev–Trinajstić information content (AvgIpc) is 2.79. The molecular formula is C22H18Cl2N4O5S. The van der Waals surface area contributed by atoms with Crippen LogP contribution < -0.4 is 9.73 Å². The number of sulfonamides is 1. The van der Waals surface area contributed by atoms with Crippen LogP contribution in [0.3, 0.4) is 0 Å². The third kappa shape index (κ3) is 6.10. The first kappa shape index (κ1) is 25.2. The van der Waals surface area contributed by atoms with Crippen molar-refractivity contribution in [3.63, 3.8) is 0 Å². The standard InChI is InChI=1S/C22H18Cl2N4O5S/c1-15-2-9-20(10-3-15)34(32,33)27(18-6-4-17(23)5-7-18)14-22(29)26-25-13-16-12-19(28(30)31)8-11-21(16)24/h2-13H,14H2,1H3,(H,26,29)/b25-13-. The van der Waals surface area contributed by atoms with Crippen LogP contribution in [0.4, 0.5) is 11.4 Å². The number of hydrogen-bond acceptors (Lipinski definition) is 6. The van der Waals surface area contributed by atoms with E-state index in [0.29, 0.717) is 5.02 Å². The molecule has 0 atom stereocenters. The Bertz CT molecular complexity index is 1340. The molecule has 34 heavy (non-hydrogen) atoms. The molecule has 1 amide bonds. The van der Waals surface area contributed by atoms with Crippen molar-refractivity contribution in [2.75, 3.05) is 10.8 Å². The maximum absolute atomic E-state index is 13.3. The van der Waals surface area contributed by atoms with Gasteiger partial charge in [-0.1, -0.05) is 40.9 Å². The zero-order valence-electron chi connectivity index (χ0n) is 17.7. The summed E-state index contributed by atoms with van der Waals surface area (Å²) in [5.74, 6) is -0.747. The third-order valence-corrected chi connectivity index (χ3v) is 6.98. The summed E-state index contributed by atoms with van der Waals surface area (Å²) in [6.07, 6.45) is 1.13. The van der Waals surface area contributed by atoms with Crippen LogP contribution in [0.15, 0.2) is 76.7 Å². The van der Waals surface area contributed by atoms with Gasteiger partial charge in [0.05, 0.1) is 21.7 Å². The third-order valence-electron chi connectivity index (χ3n) is 4.59. The van der Waals surface area contributed by atoms with Crippen LogP contribution in [-0.4, -0.2) is 32.0 Å². The van der Waals surface area contributed by atoms with Crippen molar-refractivity contribution in [1.29, 1.82) is 0 Å². The topological polar surface area (TPSA) is 122 Å². The lowest BCUT2D eigenvalue weighted by atomic mass is 10.2. The van der Waals surface area contributed by atoms with Gasteiger partial charge >= 0.3 is 0 Å². The Morgan fingerprint density at radius 2 is 1.74 bits per heavy atom. The second kappa shape index (κ2) is 10.6. The fourth-order valence-corrected chi connectivity index (χ4v) is 4.56. The molecule has 0 saturated heterocycles. The van der Waals surface area contributed by atoms with Gasteiger partial charge in [0.25, 0.3) is 21.6 Å². The zero-order chi connectivity index (χ0) is 24.9. The Morgan fingerprint density at radius 1 is 1.09 bits per heavy atom. The molecule has 176 valence electrons. The van der Waals surface area contributed by atoms with E-state index >= 15 is 0 Å². The van der Waals surface area contributed by atoms with Crippen LogP contribution in [0.1, 0.15) is 11.1 Å². The highest BCUT2D eigenvalue weighted by molar-refractivity contribution is 7.92. The van der Waals surface area contributed by atoms with Crippen LogP contribution in [0.25, 0.3) is 0 Å². The predicted octanol–water partition coefficient (Wildman–Crippen LogP) is 4.56. The van der Waals surface area contributed by atoms with Gasteiger partial charge < -0.3 is 0 Å². The first-order chi connectivity index (χ1) is 16.1.